The molecule has 156 valence electrons. The van der Waals surface area contributed by atoms with Crippen molar-refractivity contribution in [2.24, 2.45) is 12.0 Å². The van der Waals surface area contributed by atoms with E-state index in [9.17, 15) is 0 Å². The van der Waals surface area contributed by atoms with E-state index in [0.717, 1.165) is 24.6 Å². The lowest BCUT2D eigenvalue weighted by atomic mass is 10.1. The lowest BCUT2D eigenvalue weighted by Gasteiger charge is -2.18. The van der Waals surface area contributed by atoms with Crippen molar-refractivity contribution in [2.45, 2.75) is 53.3 Å². The molecule has 0 saturated carbocycles. The van der Waals surface area contributed by atoms with Gasteiger partial charge in [-0.1, -0.05) is 24.3 Å². The molecule has 1 aromatic carbocycles. The van der Waals surface area contributed by atoms with Crippen LogP contribution in [-0.2, 0) is 31.4 Å². The molecule has 1 unspecified atom stereocenters. The maximum atomic E-state index is 5.21. The normalized spacial score (nSPS) is 12.4. The number of aryl methyl sites for hydroxylation is 2. The Kier molecular flexibility index (Phi) is 10.5. The van der Waals surface area contributed by atoms with E-state index in [1.54, 1.807) is 7.11 Å². The van der Waals surface area contributed by atoms with Gasteiger partial charge in [-0.25, -0.2) is 4.99 Å². The highest BCUT2D eigenvalue weighted by Crippen LogP contribution is 2.14. The van der Waals surface area contributed by atoms with E-state index >= 15 is 0 Å². The molecule has 0 amide bonds. The summed E-state index contributed by atoms with van der Waals surface area (Å²) in [6.45, 7) is 10.5. The van der Waals surface area contributed by atoms with Crippen LogP contribution in [0.5, 0.6) is 0 Å². The molecular formula is C21H34IN5O. The van der Waals surface area contributed by atoms with E-state index in [1.807, 2.05) is 11.7 Å². The van der Waals surface area contributed by atoms with E-state index in [-0.39, 0.29) is 30.0 Å². The van der Waals surface area contributed by atoms with E-state index < -0.39 is 0 Å². The molecule has 6 nitrogen and oxygen atoms in total. The summed E-state index contributed by atoms with van der Waals surface area (Å²) in [6, 6.07) is 8.61. The zero-order valence-corrected chi connectivity index (χ0v) is 20.2. The monoisotopic (exact) mass is 499 g/mol. The number of aromatic nitrogens is 2. The van der Waals surface area contributed by atoms with Crippen molar-refractivity contribution in [2.75, 3.05) is 13.7 Å². The minimum absolute atomic E-state index is 0. The third-order valence-electron chi connectivity index (χ3n) is 4.62. The van der Waals surface area contributed by atoms with Gasteiger partial charge in [-0.15, -0.1) is 24.0 Å². The Morgan fingerprint density at radius 2 is 2.00 bits per heavy atom. The van der Waals surface area contributed by atoms with Gasteiger partial charge in [-0.3, -0.25) is 4.68 Å². The smallest absolute Gasteiger partial charge is 0.191 e. The quantitative estimate of drug-likeness (QED) is 0.332. The second kappa shape index (κ2) is 12.1. The van der Waals surface area contributed by atoms with Crippen molar-refractivity contribution in [1.82, 2.24) is 20.4 Å². The summed E-state index contributed by atoms with van der Waals surface area (Å²) in [5.41, 5.74) is 5.96. The van der Waals surface area contributed by atoms with Crippen molar-refractivity contribution in [1.29, 1.82) is 0 Å². The predicted octanol–water partition coefficient (Wildman–Crippen LogP) is 3.49. The Morgan fingerprint density at radius 3 is 2.61 bits per heavy atom. The first kappa shape index (κ1) is 24.4. The van der Waals surface area contributed by atoms with Crippen LogP contribution in [0.15, 0.2) is 29.3 Å². The average molecular weight is 499 g/mol. The van der Waals surface area contributed by atoms with Gasteiger partial charge in [0.05, 0.1) is 18.8 Å². The van der Waals surface area contributed by atoms with Crippen LogP contribution < -0.4 is 10.6 Å². The van der Waals surface area contributed by atoms with Crippen molar-refractivity contribution < 1.29 is 4.74 Å². The van der Waals surface area contributed by atoms with Crippen LogP contribution >= 0.6 is 24.0 Å². The minimum Gasteiger partial charge on any atom is -0.380 e. The molecular weight excluding hydrogens is 465 g/mol. The molecule has 7 heteroatoms. The first-order chi connectivity index (χ1) is 12.9. The third kappa shape index (κ3) is 7.09. The van der Waals surface area contributed by atoms with Gasteiger partial charge in [-0.05, 0) is 50.8 Å². The van der Waals surface area contributed by atoms with Gasteiger partial charge in [0, 0.05) is 32.4 Å². The van der Waals surface area contributed by atoms with Crippen molar-refractivity contribution >= 4 is 29.9 Å². The molecule has 0 aliphatic heterocycles. The molecule has 2 rings (SSSR count). The lowest BCUT2D eigenvalue weighted by molar-refractivity contribution is 0.185. The molecule has 0 fully saturated rings. The summed E-state index contributed by atoms with van der Waals surface area (Å²) >= 11 is 0. The van der Waals surface area contributed by atoms with Crippen LogP contribution in [0.2, 0.25) is 0 Å². The Balaban J connectivity index is 0.00000392. The fraction of sp³-hybridized carbons (Fsp3) is 0.524. The highest BCUT2D eigenvalue weighted by molar-refractivity contribution is 14.0. The Hall–Kier alpha value is -1.61. The zero-order chi connectivity index (χ0) is 19.8. The van der Waals surface area contributed by atoms with Gasteiger partial charge in [-0.2, -0.15) is 5.10 Å². The SMILES string of the molecule is CCNC(=NCc1cccc(COC)c1)NC(C)Cc1c(C)nn(C)c1C.I. The maximum Gasteiger partial charge on any atom is 0.191 e. The van der Waals surface area contributed by atoms with Gasteiger partial charge in [0.15, 0.2) is 5.96 Å². The fourth-order valence-corrected chi connectivity index (χ4v) is 3.18. The molecule has 1 aromatic heterocycles. The molecule has 0 saturated heterocycles. The number of aliphatic imine (C=N–C) groups is 1. The van der Waals surface area contributed by atoms with Gasteiger partial charge in [0.2, 0.25) is 0 Å². The summed E-state index contributed by atoms with van der Waals surface area (Å²) in [7, 11) is 3.71. The second-order valence-corrected chi connectivity index (χ2v) is 6.97. The summed E-state index contributed by atoms with van der Waals surface area (Å²) < 4.78 is 7.16. The number of hydrogen-bond acceptors (Lipinski definition) is 3. The molecule has 0 aliphatic carbocycles. The number of guanidine groups is 1. The minimum atomic E-state index is 0. The van der Waals surface area contributed by atoms with E-state index in [2.05, 4.69) is 67.7 Å². The van der Waals surface area contributed by atoms with Crippen LogP contribution in [0.4, 0.5) is 0 Å². The van der Waals surface area contributed by atoms with Crippen LogP contribution in [0, 0.1) is 13.8 Å². The lowest BCUT2D eigenvalue weighted by Crippen LogP contribution is -2.43. The van der Waals surface area contributed by atoms with Crippen LogP contribution in [-0.4, -0.2) is 35.4 Å². The summed E-state index contributed by atoms with van der Waals surface area (Å²) in [5.74, 6) is 0.835. The molecule has 0 radical (unpaired) electrons. The zero-order valence-electron chi connectivity index (χ0n) is 17.9. The summed E-state index contributed by atoms with van der Waals surface area (Å²) in [6.07, 6.45) is 0.916. The number of nitrogens with zero attached hydrogens (tertiary/aromatic N) is 3. The number of nitrogens with one attached hydrogen (secondary N) is 2. The maximum absolute atomic E-state index is 5.21. The van der Waals surface area contributed by atoms with Crippen LogP contribution in [0.1, 0.15) is 41.9 Å². The average Bonchev–Trinajstić information content (AvgIpc) is 2.87. The number of ether oxygens (including phenoxy) is 1. The Morgan fingerprint density at radius 1 is 1.29 bits per heavy atom. The Bertz CT molecular complexity index is 772. The topological polar surface area (TPSA) is 63.5 Å². The molecule has 0 bridgehead atoms. The summed E-state index contributed by atoms with van der Waals surface area (Å²) in [4.78, 5) is 4.75. The Labute approximate surface area is 186 Å². The van der Waals surface area contributed by atoms with Crippen molar-refractivity contribution in [3.63, 3.8) is 0 Å². The van der Waals surface area contributed by atoms with Gasteiger partial charge < -0.3 is 15.4 Å². The van der Waals surface area contributed by atoms with Crippen molar-refractivity contribution in [3.8, 4) is 0 Å². The van der Waals surface area contributed by atoms with Gasteiger partial charge in [0.1, 0.15) is 0 Å². The molecule has 1 heterocycles. The number of halogens is 1. The van der Waals surface area contributed by atoms with Crippen molar-refractivity contribution in [3.05, 3.63) is 52.3 Å². The number of methoxy groups -OCH3 is 1. The molecule has 2 N–H and O–H groups in total. The van der Waals surface area contributed by atoms with E-state index in [1.165, 1.54) is 22.4 Å². The first-order valence-electron chi connectivity index (χ1n) is 9.55. The largest absolute Gasteiger partial charge is 0.380 e. The molecule has 2 aromatic rings. The number of hydrogen-bond donors (Lipinski definition) is 2. The number of rotatable bonds is 8. The van der Waals surface area contributed by atoms with Gasteiger partial charge >= 0.3 is 0 Å². The van der Waals surface area contributed by atoms with Crippen LogP contribution in [0.25, 0.3) is 0 Å². The van der Waals surface area contributed by atoms with Crippen LogP contribution in [0.3, 0.4) is 0 Å². The molecule has 0 spiro atoms. The molecule has 0 aliphatic rings. The predicted molar refractivity (Wildman–Crippen MR) is 126 cm³/mol. The van der Waals surface area contributed by atoms with E-state index in [4.69, 9.17) is 9.73 Å². The van der Waals surface area contributed by atoms with E-state index in [0.29, 0.717) is 13.2 Å². The second-order valence-electron chi connectivity index (χ2n) is 6.97. The standard InChI is InChI=1S/C21H33N5O.HI/c1-7-22-21(23-13-18-9-8-10-19(12-18)14-27-6)24-15(2)11-20-16(3)25-26(5)17(20)4;/h8-10,12,15H,7,11,13-14H2,1-6H3,(H2,22,23,24);1H. The fourth-order valence-electron chi connectivity index (χ4n) is 3.18. The number of benzene rings is 1. The molecule has 28 heavy (non-hydrogen) atoms. The van der Waals surface area contributed by atoms with Gasteiger partial charge in [0.25, 0.3) is 0 Å². The first-order valence-corrected chi connectivity index (χ1v) is 9.55. The highest BCUT2D eigenvalue weighted by Gasteiger charge is 2.14. The molecule has 1 atom stereocenters. The summed E-state index contributed by atoms with van der Waals surface area (Å²) in [5, 5.41) is 11.4. The third-order valence-corrected chi connectivity index (χ3v) is 4.62. The highest BCUT2D eigenvalue weighted by atomic mass is 127.